The molecule has 3 radical (unpaired) electrons. The summed E-state index contributed by atoms with van der Waals surface area (Å²) in [5, 5.41) is 0. The van der Waals surface area contributed by atoms with Crippen molar-refractivity contribution in [1.29, 1.82) is 0 Å². The SMILES string of the molecule is CCO[Si](OCC)C(C)CCCCCCC[Si]C(N1CCN(C)CC1)N1CCN(C)CC1. The van der Waals surface area contributed by atoms with E-state index in [1.807, 2.05) is 0 Å². The minimum Gasteiger partial charge on any atom is -0.393 e. The number of piperazine rings is 2. The van der Waals surface area contributed by atoms with Crippen molar-refractivity contribution in [1.82, 2.24) is 19.6 Å². The van der Waals surface area contributed by atoms with E-state index < -0.39 is 9.28 Å². The van der Waals surface area contributed by atoms with Crippen LogP contribution in [0.5, 0.6) is 0 Å². The van der Waals surface area contributed by atoms with E-state index in [0.29, 0.717) is 11.3 Å². The standard InChI is InChI=1S/C24H51N4O2Si2/c1-6-29-32(30-7-2)23(3)13-11-9-8-10-12-22-31-24(27-18-14-25(4)15-19-27)28-20-16-26(5)17-21-28/h23-24H,6-22H2,1-5H3. The van der Waals surface area contributed by atoms with E-state index in [1.165, 1.54) is 96.9 Å². The van der Waals surface area contributed by atoms with Gasteiger partial charge in [-0.1, -0.05) is 45.1 Å². The molecule has 0 amide bonds. The summed E-state index contributed by atoms with van der Waals surface area (Å²) in [5.74, 6) is 0.691. The molecular formula is C24H51N4O2Si2. The maximum atomic E-state index is 5.86. The van der Waals surface area contributed by atoms with Crippen molar-refractivity contribution in [3.8, 4) is 0 Å². The lowest BCUT2D eigenvalue weighted by atomic mass is 10.1. The van der Waals surface area contributed by atoms with Crippen LogP contribution in [0.4, 0.5) is 0 Å². The van der Waals surface area contributed by atoms with Crippen molar-refractivity contribution in [2.45, 2.75) is 76.7 Å². The molecule has 0 spiro atoms. The number of unbranched alkanes of at least 4 members (excludes halogenated alkanes) is 4. The summed E-state index contributed by atoms with van der Waals surface area (Å²) in [6, 6.07) is 1.40. The molecule has 2 heterocycles. The highest BCUT2D eigenvalue weighted by molar-refractivity contribution is 6.46. The highest BCUT2D eigenvalue weighted by Crippen LogP contribution is 2.21. The van der Waals surface area contributed by atoms with Crippen LogP contribution in [0.15, 0.2) is 0 Å². The van der Waals surface area contributed by atoms with Crippen LogP contribution in [-0.2, 0) is 8.85 Å². The second kappa shape index (κ2) is 16.8. The summed E-state index contributed by atoms with van der Waals surface area (Å²) >= 11 is 0. The zero-order valence-corrected chi connectivity index (χ0v) is 23.8. The molecular weight excluding hydrogens is 432 g/mol. The molecule has 1 atom stereocenters. The van der Waals surface area contributed by atoms with Gasteiger partial charge in [-0.15, -0.1) is 0 Å². The van der Waals surface area contributed by atoms with Crippen molar-refractivity contribution in [2.24, 2.45) is 0 Å². The number of rotatable bonds is 16. The first-order chi connectivity index (χ1) is 15.5. The third-order valence-electron chi connectivity index (χ3n) is 6.88. The van der Waals surface area contributed by atoms with Gasteiger partial charge in [-0.25, -0.2) is 0 Å². The monoisotopic (exact) mass is 483 g/mol. The predicted molar refractivity (Wildman–Crippen MR) is 139 cm³/mol. The minimum atomic E-state index is -1.08. The fourth-order valence-corrected chi connectivity index (χ4v) is 8.09. The van der Waals surface area contributed by atoms with E-state index >= 15 is 0 Å². The molecule has 0 aromatic heterocycles. The first-order valence-corrected chi connectivity index (χ1v) is 15.9. The normalized spacial score (nSPS) is 21.1. The Balaban J connectivity index is 1.62. The van der Waals surface area contributed by atoms with E-state index in [9.17, 15) is 0 Å². The first kappa shape index (κ1) is 28.4. The smallest absolute Gasteiger partial charge is 0.387 e. The molecule has 2 fully saturated rings. The molecule has 0 aromatic rings. The lowest BCUT2D eigenvalue weighted by Gasteiger charge is -2.45. The second-order valence-corrected chi connectivity index (χ2v) is 13.3. The maximum Gasteiger partial charge on any atom is 0.387 e. The summed E-state index contributed by atoms with van der Waals surface area (Å²) in [6.45, 7) is 17.9. The topological polar surface area (TPSA) is 31.4 Å². The van der Waals surface area contributed by atoms with Crippen LogP contribution in [0.1, 0.15) is 59.3 Å². The van der Waals surface area contributed by atoms with Gasteiger partial charge in [0.1, 0.15) is 0 Å². The molecule has 2 aliphatic rings. The Morgan fingerprint density at radius 2 is 1.19 bits per heavy atom. The molecule has 2 saturated heterocycles. The molecule has 0 saturated carbocycles. The van der Waals surface area contributed by atoms with Gasteiger partial charge in [0.05, 0.1) is 9.52 Å². The zero-order valence-electron chi connectivity index (χ0n) is 21.8. The van der Waals surface area contributed by atoms with Gasteiger partial charge in [0, 0.05) is 76.9 Å². The summed E-state index contributed by atoms with van der Waals surface area (Å²) in [6.07, 6.45) is 8.12. The highest BCUT2D eigenvalue weighted by Gasteiger charge is 2.29. The third-order valence-corrected chi connectivity index (χ3v) is 10.9. The van der Waals surface area contributed by atoms with Gasteiger partial charge in [-0.3, -0.25) is 9.80 Å². The van der Waals surface area contributed by atoms with Crippen LogP contribution in [-0.4, -0.2) is 124 Å². The quantitative estimate of drug-likeness (QED) is 0.248. The lowest BCUT2D eigenvalue weighted by Crippen LogP contribution is -2.61. The zero-order chi connectivity index (χ0) is 23.2. The second-order valence-electron chi connectivity index (χ2n) is 9.65. The molecule has 8 heteroatoms. The lowest BCUT2D eigenvalue weighted by molar-refractivity contribution is 0.0311. The Morgan fingerprint density at radius 1 is 0.719 bits per heavy atom. The largest absolute Gasteiger partial charge is 0.393 e. The summed E-state index contributed by atoms with van der Waals surface area (Å²) in [4.78, 5) is 10.5. The molecule has 32 heavy (non-hydrogen) atoms. The van der Waals surface area contributed by atoms with Crippen molar-refractivity contribution in [3.63, 3.8) is 0 Å². The Labute approximate surface area is 203 Å². The van der Waals surface area contributed by atoms with Crippen LogP contribution in [0.2, 0.25) is 11.6 Å². The molecule has 0 aliphatic carbocycles. The fraction of sp³-hybridized carbons (Fsp3) is 1.00. The maximum absolute atomic E-state index is 5.86. The predicted octanol–water partition coefficient (Wildman–Crippen LogP) is 3.18. The molecule has 1 unspecified atom stereocenters. The van der Waals surface area contributed by atoms with Gasteiger partial charge in [0.25, 0.3) is 0 Å². The van der Waals surface area contributed by atoms with Gasteiger partial charge < -0.3 is 18.7 Å². The summed E-state index contributed by atoms with van der Waals surface area (Å²) in [5.41, 5.74) is 0.592. The molecule has 187 valence electrons. The third kappa shape index (κ3) is 10.6. The fourth-order valence-electron chi connectivity index (χ4n) is 4.69. The van der Waals surface area contributed by atoms with Gasteiger partial charge in [-0.05, 0) is 34.4 Å². The van der Waals surface area contributed by atoms with E-state index in [1.54, 1.807) is 0 Å². The molecule has 0 bridgehead atoms. The Bertz CT molecular complexity index is 433. The Hall–Kier alpha value is 0.194. The van der Waals surface area contributed by atoms with Crippen molar-refractivity contribution in [3.05, 3.63) is 0 Å². The number of hydrogen-bond donors (Lipinski definition) is 0. The van der Waals surface area contributed by atoms with Crippen molar-refractivity contribution >= 4 is 18.8 Å². The van der Waals surface area contributed by atoms with Gasteiger partial charge in [0.15, 0.2) is 0 Å². The molecule has 0 aromatic carbocycles. The van der Waals surface area contributed by atoms with Crippen LogP contribution < -0.4 is 0 Å². The number of likely N-dealkylation sites (N-methyl/N-ethyl adjacent to an activating group) is 2. The van der Waals surface area contributed by atoms with E-state index in [0.717, 1.165) is 22.7 Å². The Kier molecular flexibility index (Phi) is 14.9. The van der Waals surface area contributed by atoms with Crippen LogP contribution in [0, 0.1) is 0 Å². The molecule has 6 nitrogen and oxygen atoms in total. The van der Waals surface area contributed by atoms with Crippen LogP contribution in [0.3, 0.4) is 0 Å². The van der Waals surface area contributed by atoms with E-state index in [2.05, 4.69) is 54.5 Å². The van der Waals surface area contributed by atoms with Crippen LogP contribution in [0.25, 0.3) is 0 Å². The highest BCUT2D eigenvalue weighted by atomic mass is 28.3. The molecule has 2 aliphatic heterocycles. The van der Waals surface area contributed by atoms with E-state index in [-0.39, 0.29) is 0 Å². The summed E-state index contributed by atoms with van der Waals surface area (Å²) < 4.78 is 11.7. The van der Waals surface area contributed by atoms with Crippen LogP contribution >= 0.6 is 0 Å². The first-order valence-electron chi connectivity index (χ1n) is 13.3. The van der Waals surface area contributed by atoms with Crippen molar-refractivity contribution in [2.75, 3.05) is 79.7 Å². The minimum absolute atomic E-state index is 0.592. The van der Waals surface area contributed by atoms with Gasteiger partial charge in [0.2, 0.25) is 0 Å². The van der Waals surface area contributed by atoms with Gasteiger partial charge in [-0.2, -0.15) is 0 Å². The average molecular weight is 484 g/mol. The molecule has 0 N–H and O–H groups in total. The summed E-state index contributed by atoms with van der Waals surface area (Å²) in [7, 11) is 4.51. The van der Waals surface area contributed by atoms with Gasteiger partial charge >= 0.3 is 9.28 Å². The molecule has 2 rings (SSSR count). The average Bonchev–Trinajstić information content (AvgIpc) is 2.79. The van der Waals surface area contributed by atoms with E-state index in [4.69, 9.17) is 8.85 Å². The Morgan fingerprint density at radius 3 is 1.69 bits per heavy atom. The number of nitrogens with zero attached hydrogens (tertiary/aromatic N) is 4. The number of hydrogen-bond acceptors (Lipinski definition) is 6. The van der Waals surface area contributed by atoms with Crippen molar-refractivity contribution < 1.29 is 8.85 Å².